The van der Waals surface area contributed by atoms with Crippen molar-refractivity contribution in [3.8, 4) is 11.4 Å². The average molecular weight is 337 g/mol. The van der Waals surface area contributed by atoms with Crippen LogP contribution in [0.1, 0.15) is 23.6 Å². The summed E-state index contributed by atoms with van der Waals surface area (Å²) in [5.74, 6) is 0.372. The first-order chi connectivity index (χ1) is 12.2. The fourth-order valence-corrected chi connectivity index (χ4v) is 3.18. The second kappa shape index (κ2) is 6.05. The predicted molar refractivity (Wildman–Crippen MR) is 91.6 cm³/mol. The van der Waals surface area contributed by atoms with Crippen molar-refractivity contribution in [3.63, 3.8) is 0 Å². The molecule has 0 saturated carbocycles. The van der Waals surface area contributed by atoms with E-state index in [2.05, 4.69) is 10.3 Å². The van der Waals surface area contributed by atoms with Crippen molar-refractivity contribution < 1.29 is 13.9 Å². The van der Waals surface area contributed by atoms with E-state index in [4.69, 9.17) is 4.74 Å². The molecule has 2 heterocycles. The SMILES string of the molecule is COc1cccc(-n2cnc3c2NC(=O)C[C@@H]3c2ccccc2F)c1. The number of benzene rings is 2. The number of aromatic nitrogens is 2. The lowest BCUT2D eigenvalue weighted by atomic mass is 9.89. The Morgan fingerprint density at radius 2 is 2.08 bits per heavy atom. The molecule has 6 heteroatoms. The third-order valence-electron chi connectivity index (χ3n) is 4.39. The van der Waals surface area contributed by atoms with E-state index in [0.717, 1.165) is 5.69 Å². The van der Waals surface area contributed by atoms with E-state index in [1.165, 1.54) is 6.07 Å². The average Bonchev–Trinajstić information content (AvgIpc) is 3.05. The maximum atomic E-state index is 14.2. The summed E-state index contributed by atoms with van der Waals surface area (Å²) < 4.78 is 21.3. The summed E-state index contributed by atoms with van der Waals surface area (Å²) in [4.78, 5) is 16.7. The number of hydrogen-bond donors (Lipinski definition) is 1. The topological polar surface area (TPSA) is 56.1 Å². The Morgan fingerprint density at radius 1 is 1.24 bits per heavy atom. The Balaban J connectivity index is 1.83. The van der Waals surface area contributed by atoms with Gasteiger partial charge in [0, 0.05) is 18.4 Å². The molecule has 1 amide bonds. The lowest BCUT2D eigenvalue weighted by molar-refractivity contribution is -0.116. The number of nitrogens with zero attached hydrogens (tertiary/aromatic N) is 2. The molecule has 0 saturated heterocycles. The van der Waals surface area contributed by atoms with Gasteiger partial charge in [0.25, 0.3) is 0 Å². The Morgan fingerprint density at radius 3 is 2.88 bits per heavy atom. The zero-order valence-electron chi connectivity index (χ0n) is 13.6. The van der Waals surface area contributed by atoms with Gasteiger partial charge < -0.3 is 10.1 Å². The second-order valence-corrected chi connectivity index (χ2v) is 5.88. The summed E-state index contributed by atoms with van der Waals surface area (Å²) in [6.45, 7) is 0. The number of ether oxygens (including phenoxy) is 1. The van der Waals surface area contributed by atoms with Gasteiger partial charge in [0.1, 0.15) is 23.7 Å². The highest BCUT2D eigenvalue weighted by Gasteiger charge is 2.32. The molecule has 1 atom stereocenters. The summed E-state index contributed by atoms with van der Waals surface area (Å²) in [6.07, 6.45) is 1.81. The summed E-state index contributed by atoms with van der Waals surface area (Å²) in [5, 5.41) is 2.86. The first kappa shape index (κ1) is 15.4. The first-order valence-electron chi connectivity index (χ1n) is 7.93. The molecule has 0 bridgehead atoms. The maximum absolute atomic E-state index is 14.2. The van der Waals surface area contributed by atoms with E-state index in [0.29, 0.717) is 22.8 Å². The van der Waals surface area contributed by atoms with Crippen LogP contribution in [0, 0.1) is 5.82 Å². The van der Waals surface area contributed by atoms with Crippen LogP contribution in [0.2, 0.25) is 0 Å². The van der Waals surface area contributed by atoms with Crippen LogP contribution in [-0.2, 0) is 4.79 Å². The number of amides is 1. The Hall–Kier alpha value is -3.15. The van der Waals surface area contributed by atoms with Gasteiger partial charge >= 0.3 is 0 Å². The Kier molecular flexibility index (Phi) is 3.72. The molecular weight excluding hydrogens is 321 g/mol. The molecule has 4 rings (SSSR count). The molecule has 1 aliphatic rings. The molecule has 2 aromatic carbocycles. The van der Waals surface area contributed by atoms with Crippen LogP contribution in [0.15, 0.2) is 54.9 Å². The lowest BCUT2D eigenvalue weighted by Gasteiger charge is -2.23. The molecule has 0 spiro atoms. The summed E-state index contributed by atoms with van der Waals surface area (Å²) in [7, 11) is 1.60. The van der Waals surface area contributed by atoms with E-state index < -0.39 is 5.92 Å². The minimum Gasteiger partial charge on any atom is -0.497 e. The van der Waals surface area contributed by atoms with Crippen LogP contribution < -0.4 is 10.1 Å². The zero-order chi connectivity index (χ0) is 17.4. The monoisotopic (exact) mass is 337 g/mol. The van der Waals surface area contributed by atoms with Gasteiger partial charge in [0.05, 0.1) is 18.5 Å². The summed E-state index contributed by atoms with van der Waals surface area (Å²) >= 11 is 0. The first-order valence-corrected chi connectivity index (χ1v) is 7.93. The van der Waals surface area contributed by atoms with Crippen molar-refractivity contribution in [1.82, 2.24) is 9.55 Å². The molecule has 0 aliphatic carbocycles. The van der Waals surface area contributed by atoms with Gasteiger partial charge in [-0.05, 0) is 23.8 Å². The molecule has 1 aliphatic heterocycles. The normalized spacial score (nSPS) is 16.2. The zero-order valence-corrected chi connectivity index (χ0v) is 13.6. The summed E-state index contributed by atoms with van der Waals surface area (Å²) in [5.41, 5.74) is 1.95. The molecule has 3 aromatic rings. The molecule has 0 fully saturated rings. The smallest absolute Gasteiger partial charge is 0.226 e. The van der Waals surface area contributed by atoms with Gasteiger partial charge in [-0.1, -0.05) is 24.3 Å². The Labute approximate surface area is 144 Å². The lowest BCUT2D eigenvalue weighted by Crippen LogP contribution is -2.25. The molecule has 1 N–H and O–H groups in total. The third-order valence-corrected chi connectivity index (χ3v) is 4.39. The number of halogens is 1. The quantitative estimate of drug-likeness (QED) is 0.796. The number of fused-ring (bicyclic) bond motifs is 1. The predicted octanol–water partition coefficient (Wildman–Crippen LogP) is 3.49. The molecular formula is C19H16FN3O2. The second-order valence-electron chi connectivity index (χ2n) is 5.88. The number of carbonyl (C=O) groups excluding carboxylic acids is 1. The minimum absolute atomic E-state index is 0.162. The number of rotatable bonds is 3. The van der Waals surface area contributed by atoms with Crippen LogP contribution in [0.3, 0.4) is 0 Å². The van der Waals surface area contributed by atoms with Gasteiger partial charge in [0.15, 0.2) is 0 Å². The number of hydrogen-bond acceptors (Lipinski definition) is 3. The van der Waals surface area contributed by atoms with Crippen LogP contribution in [0.25, 0.3) is 5.69 Å². The molecule has 0 unspecified atom stereocenters. The van der Waals surface area contributed by atoms with Crippen LogP contribution in [-0.4, -0.2) is 22.6 Å². The molecule has 126 valence electrons. The number of carbonyl (C=O) groups is 1. The fraction of sp³-hybridized carbons (Fsp3) is 0.158. The van der Waals surface area contributed by atoms with Crippen molar-refractivity contribution in [3.05, 3.63) is 71.9 Å². The highest BCUT2D eigenvalue weighted by molar-refractivity contribution is 5.94. The van der Waals surface area contributed by atoms with Crippen molar-refractivity contribution in [2.45, 2.75) is 12.3 Å². The molecule has 5 nitrogen and oxygen atoms in total. The third kappa shape index (κ3) is 2.65. The molecule has 25 heavy (non-hydrogen) atoms. The van der Waals surface area contributed by atoms with Crippen LogP contribution in [0.5, 0.6) is 5.75 Å². The minimum atomic E-state index is -0.406. The van der Waals surface area contributed by atoms with Gasteiger partial charge in [-0.25, -0.2) is 9.37 Å². The van der Waals surface area contributed by atoms with E-state index in [-0.39, 0.29) is 18.1 Å². The largest absolute Gasteiger partial charge is 0.497 e. The van der Waals surface area contributed by atoms with Crippen molar-refractivity contribution in [2.24, 2.45) is 0 Å². The molecule has 0 radical (unpaired) electrons. The van der Waals surface area contributed by atoms with Gasteiger partial charge in [-0.15, -0.1) is 0 Å². The van der Waals surface area contributed by atoms with Crippen LogP contribution >= 0.6 is 0 Å². The van der Waals surface area contributed by atoms with Crippen molar-refractivity contribution in [1.29, 1.82) is 0 Å². The van der Waals surface area contributed by atoms with Crippen molar-refractivity contribution in [2.75, 3.05) is 12.4 Å². The van der Waals surface area contributed by atoms with E-state index in [1.54, 1.807) is 36.2 Å². The standard InChI is InChI=1S/C19H16FN3O2/c1-25-13-6-4-5-12(9-13)23-11-21-18-15(10-17(24)22-19(18)23)14-7-2-3-8-16(14)20/h2-9,11,15H,10H2,1H3,(H,22,24)/t15-/m1/s1. The highest BCUT2D eigenvalue weighted by atomic mass is 19.1. The number of nitrogens with one attached hydrogen (secondary N) is 1. The van der Waals surface area contributed by atoms with Crippen LogP contribution in [0.4, 0.5) is 10.2 Å². The number of imidazole rings is 1. The summed E-state index contributed by atoms with van der Waals surface area (Å²) in [6, 6.07) is 14.0. The molecule has 1 aromatic heterocycles. The Bertz CT molecular complexity index is 951. The fourth-order valence-electron chi connectivity index (χ4n) is 3.18. The van der Waals surface area contributed by atoms with Crippen molar-refractivity contribution >= 4 is 11.7 Å². The highest BCUT2D eigenvalue weighted by Crippen LogP contribution is 2.38. The van der Waals surface area contributed by atoms with Gasteiger partial charge in [-0.3, -0.25) is 9.36 Å². The maximum Gasteiger partial charge on any atom is 0.226 e. The number of anilines is 1. The van der Waals surface area contributed by atoms with E-state index >= 15 is 0 Å². The van der Waals surface area contributed by atoms with E-state index in [9.17, 15) is 9.18 Å². The number of methoxy groups -OCH3 is 1. The van der Waals surface area contributed by atoms with E-state index in [1.807, 2.05) is 24.3 Å². The van der Waals surface area contributed by atoms with Gasteiger partial charge in [-0.2, -0.15) is 0 Å². The van der Waals surface area contributed by atoms with Gasteiger partial charge in [0.2, 0.25) is 5.91 Å².